The third-order valence-electron chi connectivity index (χ3n) is 3.25. The topological polar surface area (TPSA) is 61.8 Å². The molecule has 0 aromatic heterocycles. The lowest BCUT2D eigenvalue weighted by Gasteiger charge is -2.32. The van der Waals surface area contributed by atoms with E-state index in [9.17, 15) is 14.0 Å². The summed E-state index contributed by atoms with van der Waals surface area (Å²) in [4.78, 5) is 23.3. The van der Waals surface area contributed by atoms with Crippen molar-refractivity contribution in [2.24, 2.45) is 11.8 Å². The smallest absolute Gasteiger partial charge is 0.308 e. The van der Waals surface area contributed by atoms with Crippen molar-refractivity contribution in [3.8, 4) is 0 Å². The van der Waals surface area contributed by atoms with E-state index in [4.69, 9.17) is 25.8 Å². The van der Waals surface area contributed by atoms with E-state index >= 15 is 0 Å². The molecule has 0 radical (unpaired) electrons. The molecule has 0 amide bonds. The van der Waals surface area contributed by atoms with Crippen LogP contribution in [0.15, 0.2) is 0 Å². The lowest BCUT2D eigenvalue weighted by Crippen LogP contribution is -2.51. The Bertz CT molecular complexity index is 388. The molecule has 1 aliphatic rings. The quantitative estimate of drug-likeness (QED) is 0.553. The van der Waals surface area contributed by atoms with Gasteiger partial charge in [-0.05, 0) is 0 Å². The van der Waals surface area contributed by atoms with Gasteiger partial charge in [0.15, 0.2) is 17.9 Å². The van der Waals surface area contributed by atoms with E-state index in [-0.39, 0.29) is 25.0 Å². The Hall–Kier alpha value is -0.880. The van der Waals surface area contributed by atoms with Crippen LogP contribution >= 0.6 is 11.6 Å². The third kappa shape index (κ3) is 4.30. The molecule has 1 rings (SSSR count). The number of hydrogen-bond donors (Lipinski definition) is 0. The first-order valence-corrected chi connectivity index (χ1v) is 7.48. The number of halogens is 2. The number of ether oxygens (including phenoxy) is 3. The molecule has 1 fully saturated rings. The van der Waals surface area contributed by atoms with Gasteiger partial charge < -0.3 is 14.2 Å². The van der Waals surface area contributed by atoms with Gasteiger partial charge in [0.05, 0.1) is 24.3 Å². The predicted octanol–water partition coefficient (Wildman–Crippen LogP) is 2.10. The Balaban J connectivity index is 2.81. The van der Waals surface area contributed by atoms with E-state index < -0.39 is 35.7 Å². The van der Waals surface area contributed by atoms with Gasteiger partial charge in [0.2, 0.25) is 0 Å². The van der Waals surface area contributed by atoms with E-state index in [1.54, 1.807) is 27.7 Å². The van der Waals surface area contributed by atoms with Crippen LogP contribution in [0.2, 0.25) is 0 Å². The first kappa shape index (κ1) is 18.2. The highest BCUT2D eigenvalue weighted by atomic mass is 35.5. The summed E-state index contributed by atoms with van der Waals surface area (Å²) in [5, 5.41) is 0. The molecule has 0 N–H and O–H groups in total. The first-order chi connectivity index (χ1) is 9.73. The molecule has 0 aliphatic carbocycles. The summed E-state index contributed by atoms with van der Waals surface area (Å²) in [6.07, 6.45) is -2.67. The van der Waals surface area contributed by atoms with Gasteiger partial charge in [0.1, 0.15) is 6.61 Å². The van der Waals surface area contributed by atoms with Crippen LogP contribution in [0.3, 0.4) is 0 Å². The fraction of sp³-hybridized carbons (Fsp3) is 0.857. The summed E-state index contributed by atoms with van der Waals surface area (Å²) in [6, 6.07) is 0. The third-order valence-corrected chi connectivity index (χ3v) is 3.70. The van der Waals surface area contributed by atoms with Gasteiger partial charge in [0, 0.05) is 0 Å². The standard InChI is InChI=1S/C14H22ClFO5/c1-8(2)12(17)19-7-14(6-15)11(10(16)5-20-14)21-13(18)9(3)4/h8-11H,5-7H2,1-4H3. The molecule has 122 valence electrons. The van der Waals surface area contributed by atoms with Gasteiger partial charge in [-0.25, -0.2) is 4.39 Å². The monoisotopic (exact) mass is 324 g/mol. The SMILES string of the molecule is CC(C)C(=O)OCC1(CCl)OCC(F)C1OC(=O)C(C)C. The molecular weight excluding hydrogens is 303 g/mol. The van der Waals surface area contributed by atoms with Crippen LogP contribution in [0.25, 0.3) is 0 Å². The second kappa shape index (κ2) is 7.40. The van der Waals surface area contributed by atoms with Crippen LogP contribution in [-0.4, -0.2) is 48.9 Å². The largest absolute Gasteiger partial charge is 0.462 e. The molecule has 0 aromatic rings. The van der Waals surface area contributed by atoms with Crippen LogP contribution in [0.5, 0.6) is 0 Å². The van der Waals surface area contributed by atoms with E-state index in [1.807, 2.05) is 0 Å². The van der Waals surface area contributed by atoms with E-state index in [2.05, 4.69) is 0 Å². The molecule has 7 heteroatoms. The molecule has 0 spiro atoms. The van der Waals surface area contributed by atoms with E-state index in [1.165, 1.54) is 0 Å². The van der Waals surface area contributed by atoms with Crippen molar-refractivity contribution in [1.29, 1.82) is 0 Å². The highest BCUT2D eigenvalue weighted by molar-refractivity contribution is 6.18. The Labute approximate surface area is 129 Å². The Kier molecular flexibility index (Phi) is 6.41. The molecule has 1 aliphatic heterocycles. The molecular formula is C14H22ClFO5. The molecule has 3 unspecified atom stereocenters. The van der Waals surface area contributed by atoms with Crippen LogP contribution < -0.4 is 0 Å². The van der Waals surface area contributed by atoms with Crippen molar-refractivity contribution in [2.75, 3.05) is 19.1 Å². The fourth-order valence-electron chi connectivity index (χ4n) is 1.82. The summed E-state index contributed by atoms with van der Waals surface area (Å²) in [6.45, 7) is 6.16. The number of carbonyl (C=O) groups is 2. The van der Waals surface area contributed by atoms with Crippen LogP contribution in [0, 0.1) is 11.8 Å². The minimum atomic E-state index is -1.50. The van der Waals surface area contributed by atoms with E-state index in [0.29, 0.717) is 0 Å². The Morgan fingerprint density at radius 1 is 1.29 bits per heavy atom. The maximum Gasteiger partial charge on any atom is 0.308 e. The predicted molar refractivity (Wildman–Crippen MR) is 74.8 cm³/mol. The molecule has 0 bridgehead atoms. The number of hydrogen-bond acceptors (Lipinski definition) is 5. The Morgan fingerprint density at radius 3 is 2.33 bits per heavy atom. The molecule has 1 heterocycles. The number of alkyl halides is 2. The summed E-state index contributed by atoms with van der Waals surface area (Å²) in [5.74, 6) is -1.85. The zero-order valence-corrected chi connectivity index (χ0v) is 13.5. The first-order valence-electron chi connectivity index (χ1n) is 6.94. The summed E-state index contributed by atoms with van der Waals surface area (Å²) >= 11 is 5.88. The second-order valence-electron chi connectivity index (χ2n) is 5.80. The van der Waals surface area contributed by atoms with Crippen molar-refractivity contribution < 1.29 is 28.2 Å². The zero-order valence-electron chi connectivity index (χ0n) is 12.7. The van der Waals surface area contributed by atoms with Crippen LogP contribution in [-0.2, 0) is 23.8 Å². The van der Waals surface area contributed by atoms with Gasteiger partial charge in [-0.3, -0.25) is 9.59 Å². The lowest BCUT2D eigenvalue weighted by atomic mass is 9.98. The number of esters is 2. The van der Waals surface area contributed by atoms with Crippen molar-refractivity contribution in [1.82, 2.24) is 0 Å². The lowest BCUT2D eigenvalue weighted by molar-refractivity contribution is -0.173. The maximum absolute atomic E-state index is 14.0. The minimum Gasteiger partial charge on any atom is -0.462 e. The van der Waals surface area contributed by atoms with Gasteiger partial charge in [-0.2, -0.15) is 0 Å². The molecule has 1 saturated heterocycles. The van der Waals surface area contributed by atoms with Crippen LogP contribution in [0.4, 0.5) is 4.39 Å². The summed E-state index contributed by atoms with van der Waals surface area (Å²) < 4.78 is 29.6. The zero-order chi connectivity index (χ0) is 16.2. The second-order valence-corrected chi connectivity index (χ2v) is 6.07. The molecule has 21 heavy (non-hydrogen) atoms. The van der Waals surface area contributed by atoms with Crippen molar-refractivity contribution >= 4 is 23.5 Å². The summed E-state index contributed by atoms with van der Waals surface area (Å²) in [5.41, 5.74) is -1.34. The number of carbonyl (C=O) groups excluding carboxylic acids is 2. The van der Waals surface area contributed by atoms with Gasteiger partial charge in [-0.15, -0.1) is 11.6 Å². The van der Waals surface area contributed by atoms with Crippen LogP contribution in [0.1, 0.15) is 27.7 Å². The van der Waals surface area contributed by atoms with Gasteiger partial charge in [-0.1, -0.05) is 27.7 Å². The van der Waals surface area contributed by atoms with Crippen molar-refractivity contribution in [3.63, 3.8) is 0 Å². The minimum absolute atomic E-state index is 0.144. The van der Waals surface area contributed by atoms with Crippen molar-refractivity contribution in [2.45, 2.75) is 45.6 Å². The highest BCUT2D eigenvalue weighted by Gasteiger charge is 2.54. The fourth-order valence-corrected chi connectivity index (χ4v) is 2.13. The average Bonchev–Trinajstić information content (AvgIpc) is 2.74. The summed E-state index contributed by atoms with van der Waals surface area (Å²) in [7, 11) is 0. The van der Waals surface area contributed by atoms with E-state index in [0.717, 1.165) is 0 Å². The molecule has 5 nitrogen and oxygen atoms in total. The number of rotatable bonds is 6. The normalized spacial score (nSPS) is 29.0. The van der Waals surface area contributed by atoms with Gasteiger partial charge >= 0.3 is 11.9 Å². The van der Waals surface area contributed by atoms with Crippen molar-refractivity contribution in [3.05, 3.63) is 0 Å². The highest BCUT2D eigenvalue weighted by Crippen LogP contribution is 2.33. The van der Waals surface area contributed by atoms with Gasteiger partial charge in [0.25, 0.3) is 0 Å². The molecule has 0 saturated carbocycles. The molecule has 0 aromatic carbocycles. The molecule has 3 atom stereocenters. The Morgan fingerprint density at radius 2 is 1.86 bits per heavy atom. The average molecular weight is 325 g/mol. The maximum atomic E-state index is 14.0.